The summed E-state index contributed by atoms with van der Waals surface area (Å²) in [5.74, 6) is -1.49. The minimum Gasteiger partial charge on any atom is -0.478 e. The zero-order valence-corrected chi connectivity index (χ0v) is 19.8. The Morgan fingerprint density at radius 3 is 2.15 bits per heavy atom. The molecule has 2 amide bonds. The van der Waals surface area contributed by atoms with Crippen molar-refractivity contribution < 1.29 is 24.2 Å². The van der Waals surface area contributed by atoms with E-state index in [0.717, 1.165) is 22.3 Å². The molecule has 1 aliphatic carbocycles. The van der Waals surface area contributed by atoms with Crippen molar-refractivity contribution >= 4 is 18.0 Å². The molecule has 0 bridgehead atoms. The first-order valence-corrected chi connectivity index (χ1v) is 11.5. The van der Waals surface area contributed by atoms with E-state index in [1.165, 1.54) is 13.0 Å². The van der Waals surface area contributed by atoms with Crippen LogP contribution < -0.4 is 10.6 Å². The van der Waals surface area contributed by atoms with Gasteiger partial charge in [0.25, 0.3) is 0 Å². The van der Waals surface area contributed by atoms with Crippen molar-refractivity contribution in [3.05, 3.63) is 71.3 Å². The lowest BCUT2D eigenvalue weighted by Crippen LogP contribution is -2.40. The Balaban J connectivity index is 1.55. The Labute approximate surface area is 200 Å². The third-order valence-electron chi connectivity index (χ3n) is 5.99. The highest BCUT2D eigenvalue weighted by Gasteiger charge is 2.29. The van der Waals surface area contributed by atoms with Gasteiger partial charge in [-0.15, -0.1) is 0 Å². The maximum Gasteiger partial charge on any atom is 0.407 e. The summed E-state index contributed by atoms with van der Waals surface area (Å²) >= 11 is 0. The average molecular weight is 465 g/mol. The first-order chi connectivity index (χ1) is 16.3. The number of aliphatic carboxylic acids is 1. The van der Waals surface area contributed by atoms with Gasteiger partial charge in [0, 0.05) is 24.6 Å². The van der Waals surface area contributed by atoms with Crippen LogP contribution in [0.5, 0.6) is 0 Å². The van der Waals surface area contributed by atoms with Crippen molar-refractivity contribution in [1.29, 1.82) is 0 Å². The van der Waals surface area contributed by atoms with E-state index in [9.17, 15) is 14.4 Å². The van der Waals surface area contributed by atoms with Crippen molar-refractivity contribution in [2.75, 3.05) is 19.7 Å². The minimum absolute atomic E-state index is 0.0304. The van der Waals surface area contributed by atoms with Crippen molar-refractivity contribution in [3.63, 3.8) is 0 Å². The number of hydrogen-bond donors (Lipinski definition) is 3. The van der Waals surface area contributed by atoms with Crippen molar-refractivity contribution in [1.82, 2.24) is 10.6 Å². The quantitative estimate of drug-likeness (QED) is 0.454. The Bertz CT molecular complexity index is 1030. The van der Waals surface area contributed by atoms with Crippen LogP contribution in [0.25, 0.3) is 11.1 Å². The SMILES string of the molecule is C/C(=C\CNC(=O)C(CNC(=O)OCC1c2ccccc2-c2ccccc21)CC(C)C)C(=O)O. The summed E-state index contributed by atoms with van der Waals surface area (Å²) in [6.07, 6.45) is 1.47. The lowest BCUT2D eigenvalue weighted by Gasteiger charge is -2.19. The highest BCUT2D eigenvalue weighted by Crippen LogP contribution is 2.44. The van der Waals surface area contributed by atoms with Crippen LogP contribution in [0.15, 0.2) is 60.2 Å². The molecular weight excluding hydrogens is 432 g/mol. The summed E-state index contributed by atoms with van der Waals surface area (Å²) < 4.78 is 5.56. The summed E-state index contributed by atoms with van der Waals surface area (Å²) in [6.45, 7) is 5.95. The number of ether oxygens (including phenoxy) is 1. The molecular formula is C27H32N2O5. The summed E-state index contributed by atoms with van der Waals surface area (Å²) in [5.41, 5.74) is 4.76. The van der Waals surface area contributed by atoms with E-state index in [1.807, 2.05) is 38.1 Å². The van der Waals surface area contributed by atoms with Crippen LogP contribution in [0.1, 0.15) is 44.2 Å². The maximum atomic E-state index is 12.6. The first-order valence-electron chi connectivity index (χ1n) is 11.5. The highest BCUT2D eigenvalue weighted by molar-refractivity contribution is 5.86. The molecule has 0 aromatic heterocycles. The molecule has 180 valence electrons. The molecule has 1 aliphatic rings. The van der Waals surface area contributed by atoms with Crippen molar-refractivity contribution in [2.45, 2.75) is 33.1 Å². The van der Waals surface area contributed by atoms with E-state index in [4.69, 9.17) is 9.84 Å². The Hall–Kier alpha value is -3.61. The monoisotopic (exact) mass is 464 g/mol. The maximum absolute atomic E-state index is 12.6. The standard InChI is InChI=1S/C27H32N2O5/c1-17(2)14-19(25(30)28-13-12-18(3)26(31)32)15-29-27(33)34-16-24-22-10-6-4-8-20(22)21-9-5-7-11-23(21)24/h4-12,17,19,24H,13-16H2,1-3H3,(H,28,30)(H,29,33)(H,31,32)/b18-12+. The molecule has 2 aromatic carbocycles. The largest absolute Gasteiger partial charge is 0.478 e. The fourth-order valence-corrected chi connectivity index (χ4v) is 4.24. The molecule has 0 spiro atoms. The molecule has 0 fully saturated rings. The Morgan fingerprint density at radius 1 is 1.00 bits per heavy atom. The molecule has 2 aromatic rings. The van der Waals surface area contributed by atoms with Crippen LogP contribution in [-0.2, 0) is 14.3 Å². The molecule has 0 aliphatic heterocycles. The number of hydrogen-bond acceptors (Lipinski definition) is 4. The molecule has 0 heterocycles. The molecule has 7 heteroatoms. The third kappa shape index (κ3) is 6.25. The van der Waals surface area contributed by atoms with Crippen LogP contribution in [-0.4, -0.2) is 42.8 Å². The molecule has 0 saturated carbocycles. The van der Waals surface area contributed by atoms with Gasteiger partial charge in [0.1, 0.15) is 6.61 Å². The smallest absolute Gasteiger partial charge is 0.407 e. The molecule has 34 heavy (non-hydrogen) atoms. The lowest BCUT2D eigenvalue weighted by molar-refractivity contribution is -0.132. The number of benzene rings is 2. The highest BCUT2D eigenvalue weighted by atomic mass is 16.5. The summed E-state index contributed by atoms with van der Waals surface area (Å²) in [7, 11) is 0. The van der Waals surface area contributed by atoms with E-state index in [-0.39, 0.29) is 43.0 Å². The van der Waals surface area contributed by atoms with Gasteiger partial charge < -0.3 is 20.5 Å². The number of fused-ring (bicyclic) bond motifs is 3. The van der Waals surface area contributed by atoms with Crippen LogP contribution in [0, 0.1) is 11.8 Å². The second-order valence-electron chi connectivity index (χ2n) is 8.97. The van der Waals surface area contributed by atoms with Crippen molar-refractivity contribution in [3.8, 4) is 11.1 Å². The summed E-state index contributed by atoms with van der Waals surface area (Å²) in [5, 5.41) is 14.4. The number of nitrogens with one attached hydrogen (secondary N) is 2. The third-order valence-corrected chi connectivity index (χ3v) is 5.99. The fraction of sp³-hybridized carbons (Fsp3) is 0.370. The number of amides is 2. The molecule has 1 atom stereocenters. The fourth-order valence-electron chi connectivity index (χ4n) is 4.24. The van der Waals surface area contributed by atoms with Crippen LogP contribution in [0.3, 0.4) is 0 Å². The number of alkyl carbamates (subject to hydrolysis) is 1. The van der Waals surface area contributed by atoms with Gasteiger partial charge in [-0.25, -0.2) is 9.59 Å². The van der Waals surface area contributed by atoms with Gasteiger partial charge >= 0.3 is 12.1 Å². The molecule has 0 radical (unpaired) electrons. The van der Waals surface area contributed by atoms with Crippen molar-refractivity contribution in [2.24, 2.45) is 11.8 Å². The van der Waals surface area contributed by atoms with Gasteiger partial charge in [0.05, 0.1) is 5.92 Å². The van der Waals surface area contributed by atoms with E-state index in [0.29, 0.717) is 6.42 Å². The van der Waals surface area contributed by atoms with Crippen LogP contribution >= 0.6 is 0 Å². The van der Waals surface area contributed by atoms with Gasteiger partial charge in [-0.2, -0.15) is 0 Å². The second kappa shape index (κ2) is 11.5. The Kier molecular flexibility index (Phi) is 8.46. The average Bonchev–Trinajstić information content (AvgIpc) is 3.13. The zero-order chi connectivity index (χ0) is 24.7. The van der Waals surface area contributed by atoms with E-state index < -0.39 is 18.0 Å². The van der Waals surface area contributed by atoms with Gasteiger partial charge in [0.15, 0.2) is 0 Å². The normalized spacial score (nSPS) is 13.7. The van der Waals surface area contributed by atoms with Gasteiger partial charge in [-0.1, -0.05) is 68.5 Å². The minimum atomic E-state index is -1.02. The van der Waals surface area contributed by atoms with Gasteiger partial charge in [0.2, 0.25) is 5.91 Å². The Morgan fingerprint density at radius 2 is 1.59 bits per heavy atom. The van der Waals surface area contributed by atoms with E-state index >= 15 is 0 Å². The zero-order valence-electron chi connectivity index (χ0n) is 19.8. The number of carbonyl (C=O) groups is 3. The first kappa shape index (κ1) is 25.0. The van der Waals surface area contributed by atoms with Gasteiger partial charge in [-0.05, 0) is 41.5 Å². The van der Waals surface area contributed by atoms with E-state index in [1.54, 1.807) is 0 Å². The predicted molar refractivity (Wildman–Crippen MR) is 130 cm³/mol. The molecule has 0 saturated heterocycles. The van der Waals surface area contributed by atoms with E-state index in [2.05, 4.69) is 34.9 Å². The summed E-state index contributed by atoms with van der Waals surface area (Å²) in [4.78, 5) is 36.0. The molecule has 1 unspecified atom stereocenters. The molecule has 3 rings (SSSR count). The topological polar surface area (TPSA) is 105 Å². The van der Waals surface area contributed by atoms with Gasteiger partial charge in [-0.3, -0.25) is 4.79 Å². The van der Waals surface area contributed by atoms with Crippen LogP contribution in [0.4, 0.5) is 4.79 Å². The lowest BCUT2D eigenvalue weighted by atomic mass is 9.96. The van der Waals surface area contributed by atoms with Crippen LogP contribution in [0.2, 0.25) is 0 Å². The summed E-state index contributed by atoms with van der Waals surface area (Å²) in [6, 6.07) is 16.3. The number of rotatable bonds is 10. The molecule has 7 nitrogen and oxygen atoms in total. The number of carbonyl (C=O) groups excluding carboxylic acids is 2. The second-order valence-corrected chi connectivity index (χ2v) is 8.97. The number of carboxylic acid groups (broad SMARTS) is 1. The predicted octanol–water partition coefficient (Wildman–Crippen LogP) is 4.33. The number of carboxylic acids is 1. The molecule has 3 N–H and O–H groups in total.